The highest BCUT2D eigenvalue weighted by atomic mass is 32.1. The van der Waals surface area contributed by atoms with E-state index >= 15 is 0 Å². The molecule has 0 spiro atoms. The van der Waals surface area contributed by atoms with Crippen molar-refractivity contribution >= 4 is 38.8 Å². The summed E-state index contributed by atoms with van der Waals surface area (Å²) in [4.78, 5) is 12.8. The van der Waals surface area contributed by atoms with Crippen LogP contribution in [0.1, 0.15) is 38.7 Å². The number of hydrogen-bond acceptors (Lipinski definition) is 5. The molecule has 5 rings (SSSR count). The van der Waals surface area contributed by atoms with E-state index in [1.807, 2.05) is 25.4 Å². The molecule has 1 aromatic carbocycles. The van der Waals surface area contributed by atoms with Crippen molar-refractivity contribution in [1.82, 2.24) is 30.5 Å². The average molecular weight is 507 g/mol. The normalized spacial score (nSPS) is 12.4. The van der Waals surface area contributed by atoms with Gasteiger partial charge in [0.2, 0.25) is 0 Å². The van der Waals surface area contributed by atoms with E-state index in [1.54, 1.807) is 11.3 Å². The van der Waals surface area contributed by atoms with Crippen molar-refractivity contribution in [1.29, 1.82) is 0 Å². The molecule has 0 fully saturated rings. The lowest BCUT2D eigenvalue weighted by molar-refractivity contribution is 0.751. The van der Waals surface area contributed by atoms with E-state index in [4.69, 9.17) is 4.98 Å². The maximum absolute atomic E-state index is 4.94. The number of pyridine rings is 1. The third-order valence-electron chi connectivity index (χ3n) is 6.34. The molecule has 4 heterocycles. The summed E-state index contributed by atoms with van der Waals surface area (Å²) in [6, 6.07) is 8.39. The van der Waals surface area contributed by atoms with Gasteiger partial charge in [-0.15, -0.1) is 0 Å². The van der Waals surface area contributed by atoms with Crippen LogP contribution in [0.25, 0.3) is 50.2 Å². The van der Waals surface area contributed by atoms with Crippen molar-refractivity contribution < 1.29 is 0 Å². The van der Waals surface area contributed by atoms with Gasteiger partial charge in [0.05, 0.1) is 17.2 Å². The summed E-state index contributed by atoms with van der Waals surface area (Å²) in [5, 5.41) is 16.3. The van der Waals surface area contributed by atoms with Crippen LogP contribution >= 0.6 is 11.3 Å². The van der Waals surface area contributed by atoms with E-state index in [-0.39, 0.29) is 0 Å². The molecule has 0 saturated carbocycles. The monoisotopic (exact) mass is 506 g/mol. The molecule has 3 N–H and O–H groups in total. The Morgan fingerprint density at radius 2 is 2.08 bits per heavy atom. The molecule has 0 amide bonds. The van der Waals surface area contributed by atoms with E-state index in [9.17, 15) is 0 Å². The van der Waals surface area contributed by atoms with Crippen LogP contribution in [0.3, 0.4) is 0 Å². The summed E-state index contributed by atoms with van der Waals surface area (Å²) in [5.74, 6) is 0.709. The number of H-pyrrole nitrogens is 2. The lowest BCUT2D eigenvalue weighted by Gasteiger charge is -2.11. The van der Waals surface area contributed by atoms with Crippen LogP contribution in [0.5, 0.6) is 0 Å². The molecule has 0 bridgehead atoms. The summed E-state index contributed by atoms with van der Waals surface area (Å²) in [5.41, 5.74) is 9.69. The zero-order chi connectivity index (χ0) is 25.8. The number of fused-ring (bicyclic) bond motifs is 2. The van der Waals surface area contributed by atoms with Crippen LogP contribution < -0.4 is 5.32 Å². The third-order valence-corrected chi connectivity index (χ3v) is 7.03. The lowest BCUT2D eigenvalue weighted by atomic mass is 10.0. The molecule has 37 heavy (non-hydrogen) atoms. The molecule has 6 nitrogen and oxygen atoms in total. The Hall–Kier alpha value is -4.23. The Morgan fingerprint density at radius 1 is 1.19 bits per heavy atom. The first kappa shape index (κ1) is 24.5. The van der Waals surface area contributed by atoms with Gasteiger partial charge in [-0.3, -0.25) is 10.1 Å². The van der Waals surface area contributed by atoms with Gasteiger partial charge in [-0.1, -0.05) is 38.6 Å². The van der Waals surface area contributed by atoms with Crippen LogP contribution in [0.2, 0.25) is 0 Å². The highest BCUT2D eigenvalue weighted by molar-refractivity contribution is 7.08. The Balaban J connectivity index is 1.51. The van der Waals surface area contributed by atoms with Gasteiger partial charge in [-0.25, -0.2) is 4.98 Å². The Morgan fingerprint density at radius 3 is 2.84 bits per heavy atom. The minimum Gasteiger partial charge on any atom is -0.359 e. The van der Waals surface area contributed by atoms with Gasteiger partial charge in [0, 0.05) is 28.5 Å². The highest BCUT2D eigenvalue weighted by Gasteiger charge is 2.16. The maximum atomic E-state index is 4.94. The number of thiophene rings is 1. The van der Waals surface area contributed by atoms with Gasteiger partial charge in [0.25, 0.3) is 0 Å². The van der Waals surface area contributed by atoms with Gasteiger partial charge in [-0.05, 0) is 77.6 Å². The molecule has 0 aliphatic rings. The highest BCUT2D eigenvalue weighted by Crippen LogP contribution is 2.33. The second-order valence-corrected chi connectivity index (χ2v) is 9.67. The number of hydrogen-bond donors (Lipinski definition) is 3. The van der Waals surface area contributed by atoms with Crippen molar-refractivity contribution in [2.75, 3.05) is 0 Å². The second-order valence-electron chi connectivity index (χ2n) is 8.89. The Kier molecular flexibility index (Phi) is 7.14. The van der Waals surface area contributed by atoms with Crippen molar-refractivity contribution in [2.45, 2.75) is 33.1 Å². The molecule has 4 aromatic heterocycles. The largest absolute Gasteiger partial charge is 0.359 e. The van der Waals surface area contributed by atoms with Crippen molar-refractivity contribution in [3.63, 3.8) is 0 Å². The molecule has 0 unspecified atom stereocenters. The number of allylic oxidation sites excluding steroid dienone is 5. The number of benzene rings is 1. The maximum Gasteiger partial charge on any atom is 0.159 e. The summed E-state index contributed by atoms with van der Waals surface area (Å²) < 4.78 is 0. The van der Waals surface area contributed by atoms with Crippen LogP contribution in [-0.2, 0) is 0 Å². The first-order valence-electron chi connectivity index (χ1n) is 12.4. The SMILES string of the molecule is C=C/C(=C\C(=C/C)c1ccc2[nH]nc(-c3nc4c(-c5ccsc5)cncc4[nH]3)c2c1)NC(=C)CCCC. The minimum absolute atomic E-state index is 0.709. The lowest BCUT2D eigenvalue weighted by Crippen LogP contribution is -2.10. The minimum atomic E-state index is 0.709. The summed E-state index contributed by atoms with van der Waals surface area (Å²) in [7, 11) is 0. The number of unbranched alkanes of at least 4 members (excludes halogenated alkanes) is 1. The number of aromatic amines is 2. The van der Waals surface area contributed by atoms with Crippen LogP contribution in [0.4, 0.5) is 0 Å². The molecule has 5 aromatic rings. The van der Waals surface area contributed by atoms with E-state index in [0.717, 1.165) is 80.6 Å². The quantitative estimate of drug-likeness (QED) is 0.168. The number of imidazole rings is 1. The molecule has 0 atom stereocenters. The fourth-order valence-corrected chi connectivity index (χ4v) is 5.01. The van der Waals surface area contributed by atoms with Crippen LogP contribution in [-0.4, -0.2) is 25.1 Å². The molecule has 0 aliphatic heterocycles. The van der Waals surface area contributed by atoms with Gasteiger partial charge < -0.3 is 10.3 Å². The van der Waals surface area contributed by atoms with E-state index in [1.165, 1.54) is 0 Å². The summed E-state index contributed by atoms with van der Waals surface area (Å²) >= 11 is 1.66. The average Bonchev–Trinajstić information content (AvgIpc) is 3.68. The van der Waals surface area contributed by atoms with E-state index in [2.05, 4.69) is 92.7 Å². The molecule has 7 heteroatoms. The molecule has 0 radical (unpaired) electrons. The summed E-state index contributed by atoms with van der Waals surface area (Å²) in [6.07, 6.45) is 12.9. The second kappa shape index (κ2) is 10.8. The zero-order valence-electron chi connectivity index (χ0n) is 21.1. The third kappa shape index (κ3) is 5.04. The van der Waals surface area contributed by atoms with E-state index in [0.29, 0.717) is 5.82 Å². The zero-order valence-corrected chi connectivity index (χ0v) is 22.0. The summed E-state index contributed by atoms with van der Waals surface area (Å²) in [6.45, 7) is 12.4. The van der Waals surface area contributed by atoms with Gasteiger partial charge in [-0.2, -0.15) is 16.4 Å². The molecule has 186 valence electrons. The predicted molar refractivity (Wildman–Crippen MR) is 156 cm³/mol. The van der Waals surface area contributed by atoms with E-state index < -0.39 is 0 Å². The molecular weight excluding hydrogens is 476 g/mol. The smallest absolute Gasteiger partial charge is 0.159 e. The number of nitrogens with zero attached hydrogens (tertiary/aromatic N) is 3. The van der Waals surface area contributed by atoms with Gasteiger partial charge in [0.1, 0.15) is 11.2 Å². The van der Waals surface area contributed by atoms with Crippen molar-refractivity contribution in [3.8, 4) is 22.6 Å². The Labute approximate surface area is 220 Å². The first-order chi connectivity index (χ1) is 18.1. The predicted octanol–water partition coefficient (Wildman–Crippen LogP) is 8.00. The molecule has 0 saturated heterocycles. The van der Waals surface area contributed by atoms with Crippen molar-refractivity contribution in [2.24, 2.45) is 0 Å². The fraction of sp³-hybridized carbons (Fsp3) is 0.167. The standard InChI is InChI=1S/C30H30N6S/c1-5-8-9-19(4)32-23(7-3)14-20(6-2)21-10-11-26-24(15-21)29(36-35-26)30-33-27-17-31-16-25(28(27)34-30)22-12-13-37-18-22/h6-7,10-18,32H,3-5,8-9H2,1-2H3,(H,33,34)(H,35,36)/b20-6+,23-14+. The van der Waals surface area contributed by atoms with Gasteiger partial charge >= 0.3 is 0 Å². The molecule has 0 aliphatic carbocycles. The van der Waals surface area contributed by atoms with Crippen molar-refractivity contribution in [3.05, 3.63) is 95.8 Å². The van der Waals surface area contributed by atoms with Crippen LogP contribution in [0.15, 0.2) is 90.2 Å². The first-order valence-corrected chi connectivity index (χ1v) is 13.4. The topological polar surface area (TPSA) is 82.3 Å². The molecular formula is C30H30N6S. The number of aromatic nitrogens is 5. The fourth-order valence-electron chi connectivity index (χ4n) is 4.35. The van der Waals surface area contributed by atoms with Crippen LogP contribution in [0, 0.1) is 0 Å². The number of nitrogens with one attached hydrogen (secondary N) is 3. The number of rotatable bonds is 10. The Bertz CT molecular complexity index is 1630. The van der Waals surface area contributed by atoms with Gasteiger partial charge in [0.15, 0.2) is 5.82 Å².